The number of likely N-dealkylation sites (N-methyl/N-ethyl adjacent to an activating group) is 1. The number of alkyl halides is 3. The van der Waals surface area contributed by atoms with Gasteiger partial charge in [-0.25, -0.2) is 9.37 Å². The predicted molar refractivity (Wildman–Crippen MR) is 162 cm³/mol. The molecule has 1 amide bonds. The van der Waals surface area contributed by atoms with Crippen LogP contribution in [0, 0.1) is 5.82 Å². The average Bonchev–Trinajstić information content (AvgIpc) is 2.92. The van der Waals surface area contributed by atoms with Crippen molar-refractivity contribution in [2.75, 3.05) is 50.1 Å². The summed E-state index contributed by atoms with van der Waals surface area (Å²) in [5.41, 5.74) is -2.49. The largest absolute Gasteiger partial charge is 0.507 e. The summed E-state index contributed by atoms with van der Waals surface area (Å²) in [5, 5.41) is 11.6. The minimum Gasteiger partial charge on any atom is -0.507 e. The molecule has 44 heavy (non-hydrogen) atoms. The highest BCUT2D eigenvalue weighted by Gasteiger charge is 2.40. The highest BCUT2D eigenvalue weighted by atomic mass is 19.4. The maximum atomic E-state index is 16.9. The highest BCUT2D eigenvalue weighted by molar-refractivity contribution is 6.04. The number of amides is 1. The molecule has 1 N–H and O–H groups in total. The summed E-state index contributed by atoms with van der Waals surface area (Å²) >= 11 is 0. The Labute approximate surface area is 252 Å². The predicted octanol–water partition coefficient (Wildman–Crippen LogP) is 5.51. The van der Waals surface area contributed by atoms with Gasteiger partial charge in [0.25, 0.3) is 0 Å². The van der Waals surface area contributed by atoms with Crippen LogP contribution in [0.3, 0.4) is 0 Å². The fraction of sp³-hybridized carbons (Fsp3) is 0.406. The number of halogens is 4. The number of piperazine rings is 1. The summed E-state index contributed by atoms with van der Waals surface area (Å²) in [6.07, 6.45) is -4.97. The summed E-state index contributed by atoms with van der Waals surface area (Å²) < 4.78 is 61.5. The molecule has 0 aliphatic carbocycles. The van der Waals surface area contributed by atoms with E-state index in [0.29, 0.717) is 31.6 Å². The molecule has 0 saturated carbocycles. The lowest BCUT2D eigenvalue weighted by Crippen LogP contribution is -2.59. The van der Waals surface area contributed by atoms with Crippen molar-refractivity contribution in [3.05, 3.63) is 53.8 Å². The topological polar surface area (TPSA) is 76.0 Å². The number of rotatable bonds is 4. The third-order valence-electron chi connectivity index (χ3n) is 8.90. The van der Waals surface area contributed by atoms with Crippen LogP contribution in [0.15, 0.2) is 42.5 Å². The molecule has 2 saturated heterocycles. The summed E-state index contributed by atoms with van der Waals surface area (Å²) in [6.45, 7) is 6.98. The van der Waals surface area contributed by atoms with Crippen molar-refractivity contribution in [3.63, 3.8) is 0 Å². The third-order valence-corrected chi connectivity index (χ3v) is 8.90. The Morgan fingerprint density at radius 3 is 2.32 bits per heavy atom. The van der Waals surface area contributed by atoms with Crippen molar-refractivity contribution in [2.24, 2.45) is 0 Å². The number of phenolic OH excluding ortho intramolecular Hbond substituents is 1. The van der Waals surface area contributed by atoms with E-state index in [-0.39, 0.29) is 57.7 Å². The summed E-state index contributed by atoms with van der Waals surface area (Å²) in [7, 11) is 3.90. The van der Waals surface area contributed by atoms with Crippen LogP contribution in [-0.4, -0.2) is 89.2 Å². The fourth-order valence-electron chi connectivity index (χ4n) is 6.36. The van der Waals surface area contributed by atoms with Crippen molar-refractivity contribution in [1.29, 1.82) is 0 Å². The Morgan fingerprint density at radius 1 is 0.955 bits per heavy atom. The standard InChI is InChI=1S/C32H34F4N6O2/c1-17-14-42(18(2)13-41(17)19(3)43)30-23-12-24(32(34,35)36)27(26-22-9-7-6-8-20(22)10-11-25(26)44)28(33)29(23)37-31(38-30)40-15-21(16-40)39(4)5/h6-12,17-18,21,44H,13-16H2,1-5H3/t17-,18+/m1/s1. The number of carbonyl (C=O) groups is 1. The Balaban J connectivity index is 1.64. The molecule has 2 aliphatic heterocycles. The number of aromatic nitrogens is 2. The molecule has 4 aromatic rings. The smallest absolute Gasteiger partial charge is 0.417 e. The Kier molecular flexibility index (Phi) is 7.30. The van der Waals surface area contributed by atoms with E-state index in [1.54, 1.807) is 35.2 Å². The van der Waals surface area contributed by atoms with Crippen LogP contribution in [-0.2, 0) is 11.0 Å². The Bertz CT molecular complexity index is 1770. The first-order valence-electron chi connectivity index (χ1n) is 14.5. The molecule has 12 heteroatoms. The Morgan fingerprint density at radius 2 is 1.66 bits per heavy atom. The normalized spacial score (nSPS) is 19.7. The summed E-state index contributed by atoms with van der Waals surface area (Å²) in [5.74, 6) is -1.36. The minimum atomic E-state index is -4.97. The molecule has 2 fully saturated rings. The van der Waals surface area contributed by atoms with E-state index < -0.39 is 28.9 Å². The van der Waals surface area contributed by atoms with Crippen LogP contribution in [0.1, 0.15) is 26.3 Å². The summed E-state index contributed by atoms with van der Waals surface area (Å²) in [6, 6.07) is 10.0. The fourth-order valence-corrected chi connectivity index (χ4v) is 6.36. The maximum Gasteiger partial charge on any atom is 0.417 e. The number of carbonyl (C=O) groups excluding carboxylic acids is 1. The third kappa shape index (κ3) is 4.94. The Hall–Kier alpha value is -4.19. The number of fused-ring (bicyclic) bond motifs is 2. The molecule has 0 bridgehead atoms. The molecular weight excluding hydrogens is 576 g/mol. The van der Waals surface area contributed by atoms with Gasteiger partial charge in [0.15, 0.2) is 5.82 Å². The number of anilines is 2. The van der Waals surface area contributed by atoms with Crippen molar-refractivity contribution in [3.8, 4) is 16.9 Å². The van der Waals surface area contributed by atoms with Gasteiger partial charge in [-0.3, -0.25) is 4.79 Å². The second-order valence-electron chi connectivity index (χ2n) is 12.1. The lowest BCUT2D eigenvalue weighted by molar-refractivity contribution is -0.137. The van der Waals surface area contributed by atoms with Crippen LogP contribution in [0.4, 0.5) is 29.3 Å². The van der Waals surface area contributed by atoms with Crippen LogP contribution < -0.4 is 9.80 Å². The van der Waals surface area contributed by atoms with E-state index in [1.165, 1.54) is 13.0 Å². The number of aromatic hydroxyl groups is 1. The second-order valence-corrected chi connectivity index (χ2v) is 12.1. The van der Waals surface area contributed by atoms with E-state index >= 15 is 4.39 Å². The van der Waals surface area contributed by atoms with Crippen molar-refractivity contribution in [2.45, 2.75) is 45.1 Å². The van der Waals surface area contributed by atoms with Gasteiger partial charge in [0, 0.05) is 67.7 Å². The number of benzene rings is 3. The zero-order valence-electron chi connectivity index (χ0n) is 25.2. The molecule has 3 aromatic carbocycles. The van der Waals surface area contributed by atoms with Gasteiger partial charge in [0.2, 0.25) is 11.9 Å². The van der Waals surface area contributed by atoms with Gasteiger partial charge in [-0.1, -0.05) is 30.3 Å². The van der Waals surface area contributed by atoms with Gasteiger partial charge in [0.05, 0.1) is 5.56 Å². The molecule has 3 heterocycles. The molecule has 0 radical (unpaired) electrons. The molecule has 2 aliphatic rings. The van der Waals surface area contributed by atoms with Crippen molar-refractivity contribution < 1.29 is 27.5 Å². The van der Waals surface area contributed by atoms with Crippen LogP contribution in [0.25, 0.3) is 32.8 Å². The van der Waals surface area contributed by atoms with Crippen LogP contribution >= 0.6 is 0 Å². The average molecular weight is 611 g/mol. The number of hydrogen-bond acceptors (Lipinski definition) is 7. The second kappa shape index (κ2) is 10.8. The summed E-state index contributed by atoms with van der Waals surface area (Å²) in [4.78, 5) is 29.0. The zero-order valence-corrected chi connectivity index (χ0v) is 25.2. The van der Waals surface area contributed by atoms with Crippen molar-refractivity contribution >= 4 is 39.3 Å². The van der Waals surface area contributed by atoms with Crippen molar-refractivity contribution in [1.82, 2.24) is 19.8 Å². The van der Waals surface area contributed by atoms with E-state index in [4.69, 9.17) is 4.98 Å². The van der Waals surface area contributed by atoms with E-state index in [0.717, 1.165) is 6.07 Å². The van der Waals surface area contributed by atoms with E-state index in [1.807, 2.05) is 37.7 Å². The lowest BCUT2D eigenvalue weighted by Gasteiger charge is -2.45. The van der Waals surface area contributed by atoms with Gasteiger partial charge in [0.1, 0.15) is 17.1 Å². The number of nitrogens with zero attached hydrogens (tertiary/aromatic N) is 6. The van der Waals surface area contributed by atoms with Gasteiger partial charge < -0.3 is 24.7 Å². The van der Waals surface area contributed by atoms with Gasteiger partial charge in [-0.2, -0.15) is 18.2 Å². The van der Waals surface area contributed by atoms with E-state index in [2.05, 4.69) is 9.88 Å². The molecular formula is C32H34F4N6O2. The quantitative estimate of drug-likeness (QED) is 0.306. The molecule has 2 atom stereocenters. The first kappa shape index (κ1) is 29.9. The molecule has 1 aromatic heterocycles. The number of phenols is 1. The minimum absolute atomic E-state index is 0.0814. The molecule has 6 rings (SSSR count). The highest BCUT2D eigenvalue weighted by Crippen LogP contribution is 2.48. The molecule has 8 nitrogen and oxygen atoms in total. The van der Waals surface area contributed by atoms with Gasteiger partial charge >= 0.3 is 6.18 Å². The lowest BCUT2D eigenvalue weighted by atomic mass is 9.91. The molecule has 0 unspecified atom stereocenters. The van der Waals surface area contributed by atoms with Crippen LogP contribution in [0.2, 0.25) is 0 Å². The maximum absolute atomic E-state index is 16.9. The van der Waals surface area contributed by atoms with Gasteiger partial charge in [-0.15, -0.1) is 0 Å². The van der Waals surface area contributed by atoms with Crippen LogP contribution in [0.5, 0.6) is 5.75 Å². The monoisotopic (exact) mass is 610 g/mol. The molecule has 232 valence electrons. The number of hydrogen-bond donors (Lipinski definition) is 1. The molecule has 0 spiro atoms. The first-order chi connectivity index (χ1) is 20.8. The zero-order chi connectivity index (χ0) is 31.7. The van der Waals surface area contributed by atoms with Gasteiger partial charge in [-0.05, 0) is 50.8 Å². The SMILES string of the molecule is CC(=O)N1C[C@H](C)N(c2nc(N3CC(N(C)C)C3)nc3c(F)c(-c4c(O)ccc5ccccc45)c(C(F)(F)F)cc23)C[C@H]1C. The first-order valence-corrected chi connectivity index (χ1v) is 14.5. The van der Waals surface area contributed by atoms with E-state index in [9.17, 15) is 23.1 Å².